The lowest BCUT2D eigenvalue weighted by Gasteiger charge is -2.34. The third-order valence-corrected chi connectivity index (χ3v) is 4.88. The summed E-state index contributed by atoms with van der Waals surface area (Å²) in [6, 6.07) is 1.99. The normalized spacial score (nSPS) is 14.7. The number of hydrogen-bond donors (Lipinski definition) is 1. The second-order valence-corrected chi connectivity index (χ2v) is 7.19. The summed E-state index contributed by atoms with van der Waals surface area (Å²) in [7, 11) is 0. The number of H-pyrrole nitrogens is 1. The van der Waals surface area contributed by atoms with Crippen molar-refractivity contribution < 1.29 is 14.3 Å². The minimum Gasteiger partial charge on any atom is -0.486 e. The van der Waals surface area contributed by atoms with Crippen molar-refractivity contribution in [2.75, 3.05) is 44.3 Å². The van der Waals surface area contributed by atoms with Crippen molar-refractivity contribution >= 4 is 11.9 Å². The van der Waals surface area contributed by atoms with E-state index in [-0.39, 0.29) is 30.6 Å². The van der Waals surface area contributed by atoms with Crippen LogP contribution in [0.1, 0.15) is 24.5 Å². The van der Waals surface area contributed by atoms with Gasteiger partial charge in [-0.3, -0.25) is 9.59 Å². The molecule has 1 atom stereocenters. The smallest absolute Gasteiger partial charge is 0.270 e. The Bertz CT molecular complexity index is 978. The molecule has 0 radical (unpaired) electrons. The molecule has 2 aromatic heterocycles. The van der Waals surface area contributed by atoms with Gasteiger partial charge in [0.1, 0.15) is 17.9 Å². The topological polar surface area (TPSA) is 137 Å². The molecule has 1 amide bonds. The molecule has 1 N–H and O–H groups in total. The summed E-state index contributed by atoms with van der Waals surface area (Å²) in [4.78, 5) is 36.1. The van der Waals surface area contributed by atoms with E-state index >= 15 is 0 Å². The Hall–Kier alpha value is -3.52. The summed E-state index contributed by atoms with van der Waals surface area (Å²) in [5, 5.41) is 14.9. The van der Waals surface area contributed by atoms with E-state index in [4.69, 9.17) is 14.7 Å². The number of aromatic nitrogens is 4. The van der Waals surface area contributed by atoms with Gasteiger partial charge in [0.2, 0.25) is 11.9 Å². The number of hydrogen-bond acceptors (Lipinski definition) is 9. The molecule has 0 aliphatic carbocycles. The second kappa shape index (κ2) is 10.5. The number of rotatable bonds is 8. The molecule has 1 fully saturated rings. The molecule has 1 aliphatic heterocycles. The number of nitrogens with zero attached hydrogens (tertiary/aromatic N) is 6. The average molecular weight is 427 g/mol. The predicted octanol–water partition coefficient (Wildman–Crippen LogP) is 0.263. The minimum absolute atomic E-state index is 0.0311. The average Bonchev–Trinajstić information content (AvgIpc) is 2.80. The largest absolute Gasteiger partial charge is 0.486 e. The Morgan fingerprint density at radius 1 is 1.26 bits per heavy atom. The zero-order chi connectivity index (χ0) is 22.2. The summed E-state index contributed by atoms with van der Waals surface area (Å²) in [6.07, 6.45) is 4.45. The Labute approximate surface area is 179 Å². The highest BCUT2D eigenvalue weighted by molar-refractivity contribution is 5.76. The molecule has 0 unspecified atom stereocenters. The molecule has 0 bridgehead atoms. The molecule has 1 saturated heterocycles. The van der Waals surface area contributed by atoms with Crippen molar-refractivity contribution in [3.63, 3.8) is 0 Å². The van der Waals surface area contributed by atoms with Crippen LogP contribution in [-0.4, -0.2) is 76.5 Å². The van der Waals surface area contributed by atoms with E-state index in [1.54, 1.807) is 11.8 Å². The number of piperazine rings is 1. The Kier molecular flexibility index (Phi) is 7.50. The van der Waals surface area contributed by atoms with Crippen LogP contribution in [0.2, 0.25) is 0 Å². The summed E-state index contributed by atoms with van der Waals surface area (Å²) in [5.41, 5.74) is 0.589. The van der Waals surface area contributed by atoms with E-state index in [9.17, 15) is 9.59 Å². The molecule has 3 heterocycles. The fraction of sp³-hybridized carbons (Fsp3) is 0.500. The fourth-order valence-electron chi connectivity index (χ4n) is 3.08. The first-order chi connectivity index (χ1) is 15.0. The van der Waals surface area contributed by atoms with Gasteiger partial charge in [-0.2, -0.15) is 10.4 Å². The van der Waals surface area contributed by atoms with Crippen molar-refractivity contribution in [1.29, 1.82) is 5.26 Å². The number of anilines is 1. The van der Waals surface area contributed by atoms with Crippen LogP contribution in [0.3, 0.4) is 0 Å². The van der Waals surface area contributed by atoms with Gasteiger partial charge >= 0.3 is 0 Å². The van der Waals surface area contributed by atoms with Gasteiger partial charge in [-0.15, -0.1) is 0 Å². The van der Waals surface area contributed by atoms with Crippen LogP contribution in [-0.2, 0) is 9.53 Å². The van der Waals surface area contributed by atoms with Gasteiger partial charge in [0, 0.05) is 26.2 Å². The molecule has 0 spiro atoms. The highest BCUT2D eigenvalue weighted by Crippen LogP contribution is 2.13. The van der Waals surface area contributed by atoms with Crippen LogP contribution in [0.25, 0.3) is 0 Å². The first kappa shape index (κ1) is 22.2. The highest BCUT2D eigenvalue weighted by Gasteiger charge is 2.22. The monoisotopic (exact) mass is 427 g/mol. The number of carbonyl (C=O) groups excluding carboxylic acids is 1. The Balaban J connectivity index is 1.35. The third kappa shape index (κ3) is 5.99. The summed E-state index contributed by atoms with van der Waals surface area (Å²) in [6.45, 7) is 6.50. The molecule has 0 aromatic carbocycles. The predicted molar refractivity (Wildman–Crippen MR) is 111 cm³/mol. The molecule has 2 aromatic rings. The number of nitriles is 1. The summed E-state index contributed by atoms with van der Waals surface area (Å²) >= 11 is 0. The molecule has 1 aliphatic rings. The van der Waals surface area contributed by atoms with Crippen molar-refractivity contribution in [2.45, 2.75) is 26.4 Å². The second-order valence-electron chi connectivity index (χ2n) is 7.19. The van der Waals surface area contributed by atoms with Crippen LogP contribution in [0, 0.1) is 18.3 Å². The zero-order valence-electron chi connectivity index (χ0n) is 17.6. The zero-order valence-corrected chi connectivity index (χ0v) is 17.6. The number of nitrogens with one attached hydrogen (secondary N) is 1. The van der Waals surface area contributed by atoms with E-state index in [1.807, 2.05) is 17.9 Å². The van der Waals surface area contributed by atoms with E-state index < -0.39 is 0 Å². The van der Waals surface area contributed by atoms with Crippen molar-refractivity contribution in [1.82, 2.24) is 25.1 Å². The van der Waals surface area contributed by atoms with Crippen LogP contribution >= 0.6 is 0 Å². The van der Waals surface area contributed by atoms with Crippen LogP contribution < -0.4 is 15.2 Å². The maximum atomic E-state index is 12.4. The molecular formula is C20H25N7O4. The molecule has 164 valence electrons. The van der Waals surface area contributed by atoms with Gasteiger partial charge in [-0.05, 0) is 13.8 Å². The standard InChI is InChI=1S/C20H25N7O4/c1-14(31-17-12-24-25-19(29)15(17)2)13-30-8-3-18(28)26-4-6-27(7-5-26)20-22-10-16(9-21)11-23-20/h10-12,14H,3-8,13H2,1-2H3,(H,25,29)/t14-/m0/s1. The molecule has 3 rings (SSSR count). The molecule has 31 heavy (non-hydrogen) atoms. The first-order valence-corrected chi connectivity index (χ1v) is 10.0. The minimum atomic E-state index is -0.290. The van der Waals surface area contributed by atoms with Crippen molar-refractivity contribution in [3.8, 4) is 11.8 Å². The Morgan fingerprint density at radius 2 is 1.97 bits per heavy atom. The number of ether oxygens (including phenoxy) is 2. The lowest BCUT2D eigenvalue weighted by molar-refractivity contribution is -0.132. The molecular weight excluding hydrogens is 402 g/mol. The van der Waals surface area contributed by atoms with Gasteiger partial charge in [-0.1, -0.05) is 0 Å². The lowest BCUT2D eigenvalue weighted by atomic mass is 10.3. The van der Waals surface area contributed by atoms with E-state index in [0.717, 1.165) is 0 Å². The van der Waals surface area contributed by atoms with Gasteiger partial charge in [0.05, 0.1) is 49.4 Å². The van der Waals surface area contributed by atoms with Gasteiger partial charge in [0.15, 0.2) is 0 Å². The van der Waals surface area contributed by atoms with E-state index in [2.05, 4.69) is 20.2 Å². The van der Waals surface area contributed by atoms with Gasteiger partial charge in [-0.25, -0.2) is 15.1 Å². The van der Waals surface area contributed by atoms with Crippen LogP contribution in [0.4, 0.5) is 5.95 Å². The molecule has 11 heteroatoms. The number of carbonyl (C=O) groups is 1. The maximum Gasteiger partial charge on any atom is 0.270 e. The van der Waals surface area contributed by atoms with Crippen molar-refractivity contribution in [2.24, 2.45) is 0 Å². The summed E-state index contributed by atoms with van der Waals surface area (Å²) < 4.78 is 11.3. The third-order valence-electron chi connectivity index (χ3n) is 4.88. The lowest BCUT2D eigenvalue weighted by Crippen LogP contribution is -2.49. The quantitative estimate of drug-likeness (QED) is 0.588. The maximum absolute atomic E-state index is 12.4. The number of amides is 1. The first-order valence-electron chi connectivity index (χ1n) is 10.0. The summed E-state index contributed by atoms with van der Waals surface area (Å²) in [5.74, 6) is 1.01. The molecule has 0 saturated carbocycles. The highest BCUT2D eigenvalue weighted by atomic mass is 16.5. The number of aromatic amines is 1. The van der Waals surface area contributed by atoms with Crippen LogP contribution in [0.15, 0.2) is 23.4 Å². The molecule has 11 nitrogen and oxygen atoms in total. The SMILES string of the molecule is Cc1c(O[C@@H](C)COCCC(=O)N2CCN(c3ncc(C#N)cn3)CC2)cn[nH]c1=O. The Morgan fingerprint density at radius 3 is 2.65 bits per heavy atom. The fourth-order valence-corrected chi connectivity index (χ4v) is 3.08. The van der Waals surface area contributed by atoms with E-state index in [0.29, 0.717) is 55.6 Å². The van der Waals surface area contributed by atoms with Crippen molar-refractivity contribution in [3.05, 3.63) is 40.1 Å². The van der Waals surface area contributed by atoms with Gasteiger partial charge < -0.3 is 19.3 Å². The van der Waals surface area contributed by atoms with E-state index in [1.165, 1.54) is 18.6 Å². The van der Waals surface area contributed by atoms with Crippen LogP contribution in [0.5, 0.6) is 5.75 Å². The van der Waals surface area contributed by atoms with Gasteiger partial charge in [0.25, 0.3) is 5.56 Å².